The van der Waals surface area contributed by atoms with Crippen molar-refractivity contribution >= 4 is 17.0 Å². The minimum Gasteiger partial charge on any atom is -0.440 e. The van der Waals surface area contributed by atoms with Crippen molar-refractivity contribution in [3.63, 3.8) is 0 Å². The van der Waals surface area contributed by atoms with Crippen LogP contribution in [0.5, 0.6) is 0 Å². The average Bonchev–Trinajstić information content (AvgIpc) is 3.24. The van der Waals surface area contributed by atoms with Crippen molar-refractivity contribution in [2.45, 2.75) is 24.9 Å². The molecule has 0 bridgehead atoms. The van der Waals surface area contributed by atoms with Crippen LogP contribution in [0.1, 0.15) is 40.7 Å². The molecule has 1 aliphatic rings. The Bertz CT molecular complexity index is 959. The molecule has 1 unspecified atom stereocenters. The molecule has 9 heteroatoms. The Hall–Kier alpha value is -2.84. The highest BCUT2D eigenvalue weighted by Crippen LogP contribution is 2.33. The fraction of sp³-hybridized carbons (Fsp3) is 0.389. The summed E-state index contributed by atoms with van der Waals surface area (Å²) < 4.78 is 46.3. The Morgan fingerprint density at radius 1 is 1.30 bits per heavy atom. The van der Waals surface area contributed by atoms with Crippen LogP contribution in [-0.2, 0) is 13.2 Å². The second kappa shape index (κ2) is 6.40. The fourth-order valence-electron chi connectivity index (χ4n) is 3.45. The summed E-state index contributed by atoms with van der Waals surface area (Å²) >= 11 is 0. The number of amides is 1. The number of piperidine rings is 1. The van der Waals surface area contributed by atoms with Crippen molar-refractivity contribution in [1.29, 1.82) is 0 Å². The van der Waals surface area contributed by atoms with Gasteiger partial charge in [-0.1, -0.05) is 12.1 Å². The zero-order valence-electron chi connectivity index (χ0n) is 14.5. The van der Waals surface area contributed by atoms with E-state index >= 15 is 0 Å². The Labute approximate surface area is 152 Å². The molecule has 0 N–H and O–H groups in total. The number of oxazole rings is 1. The number of nitrogens with zero attached hydrogens (tertiary/aromatic N) is 4. The highest BCUT2D eigenvalue weighted by atomic mass is 19.4. The first-order valence-electron chi connectivity index (χ1n) is 8.58. The van der Waals surface area contributed by atoms with E-state index in [9.17, 15) is 18.0 Å². The van der Waals surface area contributed by atoms with Crippen LogP contribution in [0.15, 0.2) is 34.9 Å². The van der Waals surface area contributed by atoms with Gasteiger partial charge >= 0.3 is 6.18 Å². The summed E-state index contributed by atoms with van der Waals surface area (Å²) in [5.74, 6) is -0.312. The smallest absolute Gasteiger partial charge is 0.435 e. The van der Waals surface area contributed by atoms with E-state index in [0.29, 0.717) is 24.4 Å². The van der Waals surface area contributed by atoms with Gasteiger partial charge in [0, 0.05) is 26.3 Å². The molecular weight excluding hydrogens is 361 g/mol. The van der Waals surface area contributed by atoms with Crippen molar-refractivity contribution in [3.8, 4) is 0 Å². The lowest BCUT2D eigenvalue weighted by molar-refractivity contribution is -0.141. The van der Waals surface area contributed by atoms with Crippen LogP contribution in [0, 0.1) is 0 Å². The number of fused-ring (bicyclic) bond motifs is 1. The van der Waals surface area contributed by atoms with Crippen LogP contribution < -0.4 is 0 Å². The number of aromatic nitrogens is 3. The maximum atomic E-state index is 13.2. The third kappa shape index (κ3) is 3.29. The average molecular weight is 378 g/mol. The van der Waals surface area contributed by atoms with Gasteiger partial charge in [0.25, 0.3) is 5.91 Å². The van der Waals surface area contributed by atoms with Crippen molar-refractivity contribution in [2.75, 3.05) is 13.1 Å². The molecule has 0 spiro atoms. The van der Waals surface area contributed by atoms with Crippen LogP contribution in [0.4, 0.5) is 13.2 Å². The summed E-state index contributed by atoms with van der Waals surface area (Å²) in [5.41, 5.74) is -0.202. The lowest BCUT2D eigenvalue weighted by Gasteiger charge is -2.31. The van der Waals surface area contributed by atoms with E-state index in [2.05, 4.69) is 10.1 Å². The van der Waals surface area contributed by atoms with Gasteiger partial charge < -0.3 is 9.32 Å². The van der Waals surface area contributed by atoms with Gasteiger partial charge in [0.15, 0.2) is 17.2 Å². The van der Waals surface area contributed by atoms with Crippen molar-refractivity contribution in [2.24, 2.45) is 7.05 Å². The van der Waals surface area contributed by atoms with E-state index in [0.717, 1.165) is 22.8 Å². The predicted molar refractivity (Wildman–Crippen MR) is 90.1 cm³/mol. The van der Waals surface area contributed by atoms with Gasteiger partial charge in [0.2, 0.25) is 0 Å². The van der Waals surface area contributed by atoms with Crippen molar-refractivity contribution < 1.29 is 22.4 Å². The second-order valence-electron chi connectivity index (χ2n) is 6.67. The van der Waals surface area contributed by atoms with Crippen molar-refractivity contribution in [1.82, 2.24) is 19.7 Å². The van der Waals surface area contributed by atoms with Crippen molar-refractivity contribution in [3.05, 3.63) is 47.6 Å². The topological polar surface area (TPSA) is 64.2 Å². The van der Waals surface area contributed by atoms with Crippen LogP contribution in [0.2, 0.25) is 0 Å². The number of carbonyl (C=O) groups is 1. The van der Waals surface area contributed by atoms with Crippen LogP contribution in [-0.4, -0.2) is 38.7 Å². The monoisotopic (exact) mass is 378 g/mol. The van der Waals surface area contributed by atoms with E-state index in [1.165, 1.54) is 11.9 Å². The first kappa shape index (κ1) is 17.6. The second-order valence-corrected chi connectivity index (χ2v) is 6.67. The highest BCUT2D eigenvalue weighted by molar-refractivity contribution is 5.95. The van der Waals surface area contributed by atoms with Gasteiger partial charge in [-0.25, -0.2) is 4.98 Å². The standard InChI is InChI=1S/C18H17F3N4O2/c1-24-10-12(15(23-24)18(19,20)21)17(26)25-8-4-5-11(9-25)16-22-13-6-2-3-7-14(13)27-16/h2-3,6-7,10-11H,4-5,8-9H2,1H3. The van der Waals surface area contributed by atoms with E-state index in [-0.39, 0.29) is 12.5 Å². The maximum absolute atomic E-state index is 13.2. The molecule has 1 amide bonds. The molecule has 1 atom stereocenters. The zero-order chi connectivity index (χ0) is 19.2. The summed E-state index contributed by atoms with van der Waals surface area (Å²) in [6.45, 7) is 0.652. The molecule has 4 rings (SSSR count). The molecule has 3 aromatic rings. The first-order valence-corrected chi connectivity index (χ1v) is 8.58. The summed E-state index contributed by atoms with van der Waals surface area (Å²) in [4.78, 5) is 18.6. The number of carbonyl (C=O) groups excluding carboxylic acids is 1. The number of alkyl halides is 3. The number of halogens is 3. The lowest BCUT2D eigenvalue weighted by Crippen LogP contribution is -2.39. The molecule has 2 aromatic heterocycles. The zero-order valence-corrected chi connectivity index (χ0v) is 14.5. The molecule has 0 aliphatic carbocycles. The minimum absolute atomic E-state index is 0.152. The summed E-state index contributed by atoms with van der Waals surface area (Å²) in [7, 11) is 1.36. The van der Waals surface area contributed by atoms with E-state index < -0.39 is 23.3 Å². The molecule has 1 fully saturated rings. The van der Waals surface area contributed by atoms with Crippen LogP contribution >= 0.6 is 0 Å². The lowest BCUT2D eigenvalue weighted by atomic mass is 9.97. The number of benzene rings is 1. The molecule has 0 radical (unpaired) electrons. The molecule has 142 valence electrons. The van der Waals surface area contributed by atoms with Gasteiger partial charge in [-0.05, 0) is 25.0 Å². The molecular formula is C18H17F3N4O2. The highest BCUT2D eigenvalue weighted by Gasteiger charge is 2.40. The number of rotatable bonds is 2. The predicted octanol–water partition coefficient (Wildman–Crippen LogP) is 3.60. The molecule has 3 heterocycles. The summed E-state index contributed by atoms with van der Waals surface area (Å²) in [5, 5.41) is 3.42. The Morgan fingerprint density at radius 3 is 2.81 bits per heavy atom. The SMILES string of the molecule is Cn1cc(C(=O)N2CCCC(c3nc4ccccc4o3)C2)c(C(F)(F)F)n1. The quantitative estimate of drug-likeness (QED) is 0.684. The molecule has 6 nitrogen and oxygen atoms in total. The van der Waals surface area contributed by atoms with Gasteiger partial charge in [-0.2, -0.15) is 18.3 Å². The van der Waals surface area contributed by atoms with E-state index in [1.807, 2.05) is 24.3 Å². The number of para-hydroxylation sites is 2. The largest absolute Gasteiger partial charge is 0.440 e. The maximum Gasteiger partial charge on any atom is 0.435 e. The van der Waals surface area contributed by atoms with Crippen LogP contribution in [0.3, 0.4) is 0 Å². The Kier molecular flexibility index (Phi) is 4.16. The molecule has 1 saturated heterocycles. The molecule has 1 aromatic carbocycles. The van der Waals surface area contributed by atoms with Gasteiger partial charge in [0.1, 0.15) is 5.52 Å². The minimum atomic E-state index is -4.68. The third-order valence-corrected chi connectivity index (χ3v) is 4.70. The van der Waals surface area contributed by atoms with Crippen LogP contribution in [0.25, 0.3) is 11.1 Å². The Morgan fingerprint density at radius 2 is 2.07 bits per heavy atom. The summed E-state index contributed by atoms with van der Waals surface area (Å²) in [6, 6.07) is 7.34. The van der Waals surface area contributed by atoms with Gasteiger partial charge in [-0.15, -0.1) is 0 Å². The number of aryl methyl sites for hydroxylation is 1. The number of likely N-dealkylation sites (tertiary alicyclic amines) is 1. The molecule has 0 saturated carbocycles. The van der Waals surface area contributed by atoms with E-state index in [1.54, 1.807) is 0 Å². The molecule has 1 aliphatic heterocycles. The Balaban J connectivity index is 1.59. The summed E-state index contributed by atoms with van der Waals surface area (Å²) in [6.07, 6.45) is -2.14. The van der Waals surface area contributed by atoms with Gasteiger partial charge in [-0.3, -0.25) is 9.48 Å². The fourth-order valence-corrected chi connectivity index (χ4v) is 3.45. The normalized spacial score (nSPS) is 18.2. The van der Waals surface area contributed by atoms with E-state index in [4.69, 9.17) is 4.42 Å². The number of hydrogen-bond acceptors (Lipinski definition) is 4. The van der Waals surface area contributed by atoms with Gasteiger partial charge in [0.05, 0.1) is 11.5 Å². The number of hydrogen-bond donors (Lipinski definition) is 0. The first-order chi connectivity index (χ1) is 12.8. The third-order valence-electron chi connectivity index (χ3n) is 4.70. The molecule has 27 heavy (non-hydrogen) atoms.